The molecule has 0 fully saturated rings. The van der Waals surface area contributed by atoms with E-state index in [-0.39, 0.29) is 11.9 Å². The van der Waals surface area contributed by atoms with Gasteiger partial charge in [-0.25, -0.2) is 0 Å². The molecule has 1 unspecified atom stereocenters. The van der Waals surface area contributed by atoms with Gasteiger partial charge in [0.2, 0.25) is 0 Å². The number of hydrogen-bond acceptors (Lipinski definition) is 2. The van der Waals surface area contributed by atoms with Gasteiger partial charge < -0.3 is 4.74 Å². The van der Waals surface area contributed by atoms with Crippen molar-refractivity contribution in [1.29, 1.82) is 0 Å². The smallest absolute Gasteiger partial charge is 0.416 e. The number of halogens is 3. The van der Waals surface area contributed by atoms with Gasteiger partial charge in [0.25, 0.3) is 0 Å². The molecule has 0 N–H and O–H groups in total. The van der Waals surface area contributed by atoms with Crippen molar-refractivity contribution in [2.75, 3.05) is 7.11 Å². The van der Waals surface area contributed by atoms with E-state index in [9.17, 15) is 18.0 Å². The highest BCUT2D eigenvalue weighted by molar-refractivity contribution is 5.73. The lowest BCUT2D eigenvalue weighted by Crippen LogP contribution is -2.24. The molecular formula is C13H13F3O2. The predicted molar refractivity (Wildman–Crippen MR) is 59.0 cm³/mol. The molecule has 0 heterocycles. The summed E-state index contributed by atoms with van der Waals surface area (Å²) in [5.41, 5.74) is 0.868. The Labute approximate surface area is 103 Å². The number of hydrogen-bond donors (Lipinski definition) is 0. The zero-order valence-corrected chi connectivity index (χ0v) is 9.88. The number of ether oxygens (including phenoxy) is 1. The average Bonchev–Trinajstić information content (AvgIpc) is 2.35. The van der Waals surface area contributed by atoms with Gasteiger partial charge >= 0.3 is 12.1 Å². The first kappa shape index (κ1) is 12.9. The van der Waals surface area contributed by atoms with Gasteiger partial charge in [-0.3, -0.25) is 4.79 Å². The fourth-order valence-electron chi connectivity index (χ4n) is 2.30. The minimum absolute atomic E-state index is 0.237. The molecule has 1 aromatic rings. The van der Waals surface area contributed by atoms with Gasteiger partial charge in [0.1, 0.15) is 0 Å². The van der Waals surface area contributed by atoms with Gasteiger partial charge in [-0.05, 0) is 42.5 Å². The SMILES string of the molecule is COC(=O)C1CCc2cc(C(F)(F)F)ccc2C1. The summed E-state index contributed by atoms with van der Waals surface area (Å²) in [5, 5.41) is 0. The van der Waals surface area contributed by atoms with E-state index in [0.29, 0.717) is 24.8 Å². The Bertz CT molecular complexity index is 466. The molecule has 1 aliphatic carbocycles. The highest BCUT2D eigenvalue weighted by Crippen LogP contribution is 2.33. The van der Waals surface area contributed by atoms with Crippen molar-refractivity contribution in [3.63, 3.8) is 0 Å². The summed E-state index contributed by atoms with van der Waals surface area (Å²) in [6.07, 6.45) is -2.83. The first-order chi connectivity index (χ1) is 8.41. The van der Waals surface area contributed by atoms with Crippen LogP contribution in [0.1, 0.15) is 23.1 Å². The number of esters is 1. The van der Waals surface area contributed by atoms with E-state index in [0.717, 1.165) is 11.6 Å². The van der Waals surface area contributed by atoms with Crippen molar-refractivity contribution >= 4 is 5.97 Å². The molecule has 98 valence electrons. The second kappa shape index (κ2) is 4.63. The van der Waals surface area contributed by atoms with E-state index in [1.807, 2.05) is 0 Å². The van der Waals surface area contributed by atoms with Crippen molar-refractivity contribution in [1.82, 2.24) is 0 Å². The molecule has 0 saturated carbocycles. The van der Waals surface area contributed by atoms with Crippen LogP contribution in [0, 0.1) is 5.92 Å². The molecule has 5 heteroatoms. The maximum atomic E-state index is 12.5. The Hall–Kier alpha value is -1.52. The van der Waals surface area contributed by atoms with E-state index in [4.69, 9.17) is 0 Å². The summed E-state index contributed by atoms with van der Waals surface area (Å²) in [4.78, 5) is 11.4. The molecule has 0 saturated heterocycles. The first-order valence-corrected chi connectivity index (χ1v) is 5.68. The Morgan fingerprint density at radius 2 is 2.06 bits per heavy atom. The van der Waals surface area contributed by atoms with Crippen LogP contribution in [0.15, 0.2) is 18.2 Å². The molecule has 0 bridgehead atoms. The fourth-order valence-corrected chi connectivity index (χ4v) is 2.30. The van der Waals surface area contributed by atoms with Crippen LogP contribution in [-0.2, 0) is 28.5 Å². The lowest BCUT2D eigenvalue weighted by atomic mass is 9.83. The van der Waals surface area contributed by atoms with Gasteiger partial charge in [-0.1, -0.05) is 6.07 Å². The Kier molecular flexibility index (Phi) is 3.32. The summed E-state index contributed by atoms with van der Waals surface area (Å²) < 4.78 is 42.3. The molecule has 1 aromatic carbocycles. The van der Waals surface area contributed by atoms with Crippen LogP contribution in [0.5, 0.6) is 0 Å². The Morgan fingerprint density at radius 3 is 2.67 bits per heavy atom. The zero-order valence-electron chi connectivity index (χ0n) is 9.88. The summed E-state index contributed by atoms with van der Waals surface area (Å²) in [6.45, 7) is 0. The molecule has 2 nitrogen and oxygen atoms in total. The number of carbonyl (C=O) groups is 1. The van der Waals surface area contributed by atoms with Gasteiger partial charge in [-0.2, -0.15) is 13.2 Å². The van der Waals surface area contributed by atoms with Crippen LogP contribution in [0.3, 0.4) is 0 Å². The minimum Gasteiger partial charge on any atom is -0.469 e. The highest BCUT2D eigenvalue weighted by atomic mass is 19.4. The van der Waals surface area contributed by atoms with E-state index in [2.05, 4.69) is 4.74 Å². The molecule has 0 aromatic heterocycles. The number of fused-ring (bicyclic) bond motifs is 1. The molecule has 1 atom stereocenters. The average molecular weight is 258 g/mol. The maximum absolute atomic E-state index is 12.5. The lowest BCUT2D eigenvalue weighted by Gasteiger charge is -2.23. The standard InChI is InChI=1S/C13H13F3O2/c1-18-12(17)10-3-2-9-7-11(13(14,15)16)5-4-8(9)6-10/h4-5,7,10H,2-3,6H2,1H3. The third-order valence-corrected chi connectivity index (χ3v) is 3.30. The molecule has 1 aliphatic rings. The predicted octanol–water partition coefficient (Wildman–Crippen LogP) is 2.98. The molecule has 0 spiro atoms. The number of rotatable bonds is 1. The molecular weight excluding hydrogens is 245 g/mol. The third kappa shape index (κ3) is 2.49. The number of aryl methyl sites for hydroxylation is 1. The Morgan fingerprint density at radius 1 is 1.33 bits per heavy atom. The Balaban J connectivity index is 2.24. The van der Waals surface area contributed by atoms with Gasteiger partial charge in [0.15, 0.2) is 0 Å². The van der Waals surface area contributed by atoms with Crippen molar-refractivity contribution in [3.8, 4) is 0 Å². The fraction of sp³-hybridized carbons (Fsp3) is 0.462. The van der Waals surface area contributed by atoms with Crippen molar-refractivity contribution in [3.05, 3.63) is 34.9 Å². The topological polar surface area (TPSA) is 26.3 Å². The molecule has 0 radical (unpaired) electrons. The molecule has 0 amide bonds. The summed E-state index contributed by atoms with van der Waals surface area (Å²) in [5.74, 6) is -0.528. The van der Waals surface area contributed by atoms with Gasteiger partial charge in [0, 0.05) is 0 Å². The summed E-state index contributed by atoms with van der Waals surface area (Å²) in [6, 6.07) is 3.72. The van der Waals surface area contributed by atoms with Crippen LogP contribution in [0.2, 0.25) is 0 Å². The number of alkyl halides is 3. The maximum Gasteiger partial charge on any atom is 0.416 e. The summed E-state index contributed by atoms with van der Waals surface area (Å²) >= 11 is 0. The van der Waals surface area contributed by atoms with E-state index >= 15 is 0 Å². The van der Waals surface area contributed by atoms with Crippen LogP contribution in [0.25, 0.3) is 0 Å². The number of methoxy groups -OCH3 is 1. The van der Waals surface area contributed by atoms with Crippen LogP contribution in [0.4, 0.5) is 13.2 Å². The monoisotopic (exact) mass is 258 g/mol. The quantitative estimate of drug-likeness (QED) is 0.724. The summed E-state index contributed by atoms with van der Waals surface area (Å²) in [7, 11) is 1.32. The van der Waals surface area contributed by atoms with Crippen LogP contribution >= 0.6 is 0 Å². The van der Waals surface area contributed by atoms with E-state index in [1.165, 1.54) is 19.2 Å². The number of carbonyl (C=O) groups excluding carboxylic acids is 1. The van der Waals surface area contributed by atoms with Crippen molar-refractivity contribution in [2.24, 2.45) is 5.92 Å². The molecule has 0 aliphatic heterocycles. The van der Waals surface area contributed by atoms with Crippen molar-refractivity contribution in [2.45, 2.75) is 25.4 Å². The first-order valence-electron chi connectivity index (χ1n) is 5.68. The van der Waals surface area contributed by atoms with Crippen molar-refractivity contribution < 1.29 is 22.7 Å². The van der Waals surface area contributed by atoms with Gasteiger partial charge in [-0.15, -0.1) is 0 Å². The molecule has 2 rings (SSSR count). The normalized spacial score (nSPS) is 19.2. The van der Waals surface area contributed by atoms with Crippen LogP contribution < -0.4 is 0 Å². The number of benzene rings is 1. The third-order valence-electron chi connectivity index (χ3n) is 3.30. The minimum atomic E-state index is -4.31. The second-order valence-corrected chi connectivity index (χ2v) is 4.44. The van der Waals surface area contributed by atoms with E-state index in [1.54, 1.807) is 0 Å². The van der Waals surface area contributed by atoms with Crippen LogP contribution in [-0.4, -0.2) is 13.1 Å². The molecule has 18 heavy (non-hydrogen) atoms. The largest absolute Gasteiger partial charge is 0.469 e. The second-order valence-electron chi connectivity index (χ2n) is 4.44. The lowest BCUT2D eigenvalue weighted by molar-refractivity contribution is -0.146. The van der Waals surface area contributed by atoms with Gasteiger partial charge in [0.05, 0.1) is 18.6 Å². The highest BCUT2D eigenvalue weighted by Gasteiger charge is 2.32. The zero-order chi connectivity index (χ0) is 13.3. The van der Waals surface area contributed by atoms with E-state index < -0.39 is 11.7 Å².